The van der Waals surface area contributed by atoms with Gasteiger partial charge in [-0.25, -0.2) is 0 Å². The van der Waals surface area contributed by atoms with Crippen LogP contribution in [0.1, 0.15) is 43.2 Å². The number of nitrogens with zero attached hydrogens (tertiary/aromatic N) is 3. The molecule has 13 heteroatoms. The van der Waals surface area contributed by atoms with Gasteiger partial charge in [0.15, 0.2) is 0 Å². The van der Waals surface area contributed by atoms with Crippen LogP contribution in [0.15, 0.2) is 203 Å². The molecule has 7 aromatic rings. The number of anilines is 1. The first-order valence-corrected chi connectivity index (χ1v) is 26.9. The van der Waals surface area contributed by atoms with Crippen LogP contribution in [0.2, 0.25) is 0 Å². The Morgan fingerprint density at radius 2 is 1.15 bits per heavy atom. The number of carbonyl (C=O) groups is 3. The SMILES string of the molecule is CO/N=C(\C(=O)N[C@@H]1C(=O)N2C(C(=O)OC(C)(C)C)=C(P(C)(c3ccccc3)(c3ccccc3)c3ccccc3)SC[C@H]12)c1csc(NC(c2ccccc2)(c2ccccc2)c2ccccc2)n1. The van der Waals surface area contributed by atoms with Crippen molar-refractivity contribution in [3.05, 3.63) is 220 Å². The number of oxime groups is 1. The molecule has 0 spiro atoms. The van der Waals surface area contributed by atoms with Crippen LogP contribution in [0, 0.1) is 0 Å². The summed E-state index contributed by atoms with van der Waals surface area (Å²) < 4.78 is 6.97. The van der Waals surface area contributed by atoms with Crippen LogP contribution in [0.5, 0.6) is 0 Å². The van der Waals surface area contributed by atoms with Gasteiger partial charge in [0.05, 0.1) is 0 Å². The second-order valence-corrected chi connectivity index (χ2v) is 25.2. The van der Waals surface area contributed by atoms with Crippen LogP contribution in [0.4, 0.5) is 5.13 Å². The Balaban J connectivity index is 1.08. The third kappa shape index (κ3) is 8.00. The van der Waals surface area contributed by atoms with Gasteiger partial charge in [-0.1, -0.05) is 91.0 Å². The topological polar surface area (TPSA) is 122 Å². The van der Waals surface area contributed by atoms with E-state index in [1.165, 1.54) is 18.4 Å². The number of β-lactam (4-membered cyclic amide) rings is 1. The number of hydrogen-bond acceptors (Lipinski definition) is 10. The van der Waals surface area contributed by atoms with E-state index >= 15 is 0 Å². The Hall–Kier alpha value is -6.85. The number of hydrogen-bond donors (Lipinski definition) is 2. The summed E-state index contributed by atoms with van der Waals surface area (Å²) in [5, 5.41) is 16.3. The molecule has 1 saturated heterocycles. The molecule has 344 valence electrons. The Labute approximate surface area is 405 Å². The summed E-state index contributed by atoms with van der Waals surface area (Å²) in [6, 6.07) is 59.7. The van der Waals surface area contributed by atoms with Crippen LogP contribution < -0.4 is 26.5 Å². The Morgan fingerprint density at radius 1 is 0.706 bits per heavy atom. The van der Waals surface area contributed by atoms with Crippen molar-refractivity contribution in [2.24, 2.45) is 5.16 Å². The van der Waals surface area contributed by atoms with Crippen molar-refractivity contribution < 1.29 is 24.0 Å². The van der Waals surface area contributed by atoms with E-state index in [2.05, 4.69) is 95.3 Å². The molecule has 6 aromatic carbocycles. The number of rotatable bonds is 14. The van der Waals surface area contributed by atoms with E-state index < -0.39 is 47.6 Å². The average molecular weight is 958 g/mol. The van der Waals surface area contributed by atoms with Crippen molar-refractivity contribution in [1.82, 2.24) is 15.2 Å². The fourth-order valence-electron chi connectivity index (χ4n) is 9.51. The normalized spacial score (nSPS) is 17.0. The van der Waals surface area contributed by atoms with Crippen molar-refractivity contribution in [2.45, 2.75) is 44.0 Å². The molecule has 2 aliphatic rings. The van der Waals surface area contributed by atoms with Gasteiger partial charge in [0.25, 0.3) is 0 Å². The first-order valence-electron chi connectivity index (χ1n) is 22.3. The van der Waals surface area contributed by atoms with Gasteiger partial charge in [-0.3, -0.25) is 0 Å². The van der Waals surface area contributed by atoms with E-state index in [4.69, 9.17) is 14.6 Å². The standard InChI is InChI=1S/C55H52N5O5PS2/c1-54(2,3)65-51(63)48-52(66(5,41-30-18-9-19-31-41,42-32-20-10-21-33-42)43-34-22-11-23-35-43)67-37-45-47(50(62)60(45)48)57-49(61)46(59-64-4)44-36-68-53(56-44)58-55(38-24-12-6-13-25-38,39-26-14-7-15-27-39)40-28-16-8-17-29-40/h6-36,45,47H,37H2,1-5H3,(H,56,58)(H,57,61)/b59-46-/t45-,47+/m1/s1. The van der Waals surface area contributed by atoms with Crippen LogP contribution in [0.25, 0.3) is 0 Å². The molecule has 9 rings (SSSR count). The molecule has 2 aliphatic heterocycles. The number of nitrogens with one attached hydrogen (secondary N) is 2. The fraction of sp³-hybridized carbons (Fsp3) is 0.182. The van der Waals surface area contributed by atoms with E-state index in [1.54, 1.807) is 22.0 Å². The molecule has 68 heavy (non-hydrogen) atoms. The van der Waals surface area contributed by atoms with Gasteiger partial charge in [0.2, 0.25) is 0 Å². The summed E-state index contributed by atoms with van der Waals surface area (Å²) in [6.45, 7) is 3.88. The zero-order chi connectivity index (χ0) is 47.5. The molecular formula is C55H52N5O5PS2. The number of amides is 2. The molecule has 1 fully saturated rings. The molecule has 10 nitrogen and oxygen atoms in total. The quantitative estimate of drug-likeness (QED) is 0.0277. The van der Waals surface area contributed by atoms with Crippen LogP contribution in [0.3, 0.4) is 0 Å². The summed E-state index contributed by atoms with van der Waals surface area (Å²) in [4.78, 5) is 56.0. The molecule has 3 heterocycles. The number of thiazole rings is 1. The molecule has 0 radical (unpaired) electrons. The maximum absolute atomic E-state index is 14.9. The molecule has 0 aliphatic carbocycles. The van der Waals surface area contributed by atoms with Gasteiger partial charge >= 0.3 is 294 Å². The molecule has 2 amide bonds. The second kappa shape index (κ2) is 18.7. The van der Waals surface area contributed by atoms with Gasteiger partial charge in [0.1, 0.15) is 5.54 Å². The van der Waals surface area contributed by atoms with Gasteiger partial charge in [-0.15, -0.1) is 0 Å². The van der Waals surface area contributed by atoms with Crippen LogP contribution in [-0.2, 0) is 29.5 Å². The van der Waals surface area contributed by atoms with Gasteiger partial charge in [-0.2, -0.15) is 0 Å². The fourth-order valence-corrected chi connectivity index (χ4v) is 18.8. The molecular weight excluding hydrogens is 906 g/mol. The molecule has 0 saturated carbocycles. The van der Waals surface area contributed by atoms with E-state index in [0.29, 0.717) is 10.9 Å². The van der Waals surface area contributed by atoms with E-state index in [0.717, 1.165) is 37.3 Å². The van der Waals surface area contributed by atoms with E-state index in [-0.39, 0.29) is 17.1 Å². The summed E-state index contributed by atoms with van der Waals surface area (Å²) in [5.74, 6) is -1.30. The average Bonchev–Trinajstić information content (AvgIpc) is 3.84. The molecule has 0 bridgehead atoms. The zero-order valence-corrected chi connectivity index (χ0v) is 40.9. The Bertz CT molecular complexity index is 2810. The van der Waals surface area contributed by atoms with E-state index in [9.17, 15) is 14.4 Å². The Kier molecular flexibility index (Phi) is 12.7. The molecule has 2 N–H and O–H groups in total. The number of carbonyl (C=O) groups excluding carboxylic acids is 3. The minimum atomic E-state index is -3.83. The maximum atomic E-state index is 14.9. The molecule has 0 unspecified atom stereocenters. The monoisotopic (exact) mass is 957 g/mol. The second-order valence-electron chi connectivity index (χ2n) is 17.9. The predicted molar refractivity (Wildman–Crippen MR) is 277 cm³/mol. The first kappa shape index (κ1) is 46.3. The van der Waals surface area contributed by atoms with Crippen molar-refractivity contribution in [3.8, 4) is 0 Å². The van der Waals surface area contributed by atoms with Crippen molar-refractivity contribution in [3.63, 3.8) is 0 Å². The number of thioether (sulfide) groups is 1. The van der Waals surface area contributed by atoms with Crippen molar-refractivity contribution >= 4 is 74.2 Å². The minimum absolute atomic E-state index is 0.101. The number of esters is 1. The van der Waals surface area contributed by atoms with Gasteiger partial charge in [0, 0.05) is 0 Å². The van der Waals surface area contributed by atoms with Gasteiger partial charge < -0.3 is 0 Å². The molecule has 1 aromatic heterocycles. The summed E-state index contributed by atoms with van der Waals surface area (Å²) in [7, 11) is 1.36. The zero-order valence-electron chi connectivity index (χ0n) is 38.4. The number of aromatic nitrogens is 1. The van der Waals surface area contributed by atoms with Crippen LogP contribution >= 0.6 is 29.7 Å². The first-order chi connectivity index (χ1) is 32.9. The Morgan fingerprint density at radius 3 is 1.57 bits per heavy atom. The number of benzene rings is 6. The number of ether oxygens (including phenoxy) is 1. The van der Waals surface area contributed by atoms with Crippen molar-refractivity contribution in [1.29, 1.82) is 0 Å². The predicted octanol–water partition coefficient (Wildman–Crippen LogP) is 9.01. The summed E-state index contributed by atoms with van der Waals surface area (Å²) >= 11 is 2.87. The summed E-state index contributed by atoms with van der Waals surface area (Å²) in [6.07, 6.45) is 0. The van der Waals surface area contributed by atoms with E-state index in [1.807, 2.05) is 130 Å². The van der Waals surface area contributed by atoms with Gasteiger partial charge in [-0.05, 0) is 16.7 Å². The third-order valence-electron chi connectivity index (χ3n) is 12.7. The van der Waals surface area contributed by atoms with Crippen molar-refractivity contribution in [2.75, 3.05) is 24.8 Å². The number of fused-ring (bicyclic) bond motifs is 1. The summed E-state index contributed by atoms with van der Waals surface area (Å²) in [5.41, 5.74) is 1.58. The van der Waals surface area contributed by atoms with Crippen LogP contribution in [-0.4, -0.2) is 70.6 Å². The third-order valence-corrected chi connectivity index (χ3v) is 22.2. The molecule has 2 atom stereocenters.